The number of hydrogen-bond acceptors (Lipinski definition) is 4. The maximum Gasteiger partial charge on any atom is 0.249 e. The van der Waals surface area contributed by atoms with Crippen LogP contribution in [-0.4, -0.2) is 29.1 Å². The quantitative estimate of drug-likeness (QED) is 0.451. The lowest BCUT2D eigenvalue weighted by atomic mass is 10.3. The van der Waals surface area contributed by atoms with Gasteiger partial charge in [0, 0.05) is 12.2 Å². The van der Waals surface area contributed by atoms with Gasteiger partial charge >= 0.3 is 0 Å². The van der Waals surface area contributed by atoms with E-state index in [1.165, 1.54) is 6.21 Å². The molecule has 0 aliphatic carbocycles. The topological polar surface area (TPSA) is 83.5 Å². The summed E-state index contributed by atoms with van der Waals surface area (Å²) in [6.07, 6.45) is 2.80. The SMILES string of the molecule is CC(C)NC(=O)CC(=O)N/N=C\c1ccccn1. The maximum absolute atomic E-state index is 11.3. The highest BCUT2D eigenvalue weighted by molar-refractivity contribution is 5.97. The monoisotopic (exact) mass is 248 g/mol. The van der Waals surface area contributed by atoms with Gasteiger partial charge in [0.2, 0.25) is 11.8 Å². The van der Waals surface area contributed by atoms with Crippen molar-refractivity contribution in [1.82, 2.24) is 15.7 Å². The molecule has 0 aliphatic rings. The van der Waals surface area contributed by atoms with Gasteiger partial charge in [-0.15, -0.1) is 0 Å². The molecule has 0 radical (unpaired) electrons. The zero-order valence-corrected chi connectivity index (χ0v) is 10.4. The van der Waals surface area contributed by atoms with Crippen LogP contribution in [0.15, 0.2) is 29.5 Å². The van der Waals surface area contributed by atoms with E-state index in [4.69, 9.17) is 0 Å². The first-order chi connectivity index (χ1) is 8.58. The fourth-order valence-electron chi connectivity index (χ4n) is 1.18. The van der Waals surface area contributed by atoms with E-state index in [0.29, 0.717) is 5.69 Å². The van der Waals surface area contributed by atoms with Gasteiger partial charge in [0.25, 0.3) is 0 Å². The third kappa shape index (κ3) is 5.74. The lowest BCUT2D eigenvalue weighted by molar-refractivity contribution is -0.129. The number of pyridine rings is 1. The molecular weight excluding hydrogens is 232 g/mol. The van der Waals surface area contributed by atoms with E-state index in [-0.39, 0.29) is 18.4 Å². The Balaban J connectivity index is 2.33. The molecule has 1 aromatic rings. The van der Waals surface area contributed by atoms with Crippen LogP contribution in [-0.2, 0) is 9.59 Å². The first-order valence-electron chi connectivity index (χ1n) is 5.60. The average Bonchev–Trinajstić information content (AvgIpc) is 2.29. The summed E-state index contributed by atoms with van der Waals surface area (Å²) < 4.78 is 0. The van der Waals surface area contributed by atoms with Crippen LogP contribution in [0.4, 0.5) is 0 Å². The van der Waals surface area contributed by atoms with Crippen molar-refractivity contribution in [3.05, 3.63) is 30.1 Å². The van der Waals surface area contributed by atoms with Crippen LogP contribution in [0.3, 0.4) is 0 Å². The summed E-state index contributed by atoms with van der Waals surface area (Å²) in [4.78, 5) is 26.6. The van der Waals surface area contributed by atoms with Crippen LogP contribution in [0.5, 0.6) is 0 Å². The predicted molar refractivity (Wildman–Crippen MR) is 67.9 cm³/mol. The van der Waals surface area contributed by atoms with E-state index in [1.807, 2.05) is 19.9 Å². The Morgan fingerprint density at radius 1 is 1.39 bits per heavy atom. The molecule has 6 nitrogen and oxygen atoms in total. The fraction of sp³-hybridized carbons (Fsp3) is 0.333. The lowest BCUT2D eigenvalue weighted by Gasteiger charge is -2.06. The van der Waals surface area contributed by atoms with E-state index < -0.39 is 5.91 Å². The minimum absolute atomic E-state index is 0.0160. The molecule has 0 aromatic carbocycles. The van der Waals surface area contributed by atoms with Crippen molar-refractivity contribution in [1.29, 1.82) is 0 Å². The third-order valence-electron chi connectivity index (χ3n) is 1.84. The van der Waals surface area contributed by atoms with Gasteiger partial charge in [-0.05, 0) is 26.0 Å². The van der Waals surface area contributed by atoms with E-state index in [9.17, 15) is 9.59 Å². The summed E-state index contributed by atoms with van der Waals surface area (Å²) in [7, 11) is 0. The van der Waals surface area contributed by atoms with Crippen molar-refractivity contribution in [2.24, 2.45) is 5.10 Å². The van der Waals surface area contributed by atoms with Crippen LogP contribution in [0.2, 0.25) is 0 Å². The van der Waals surface area contributed by atoms with E-state index >= 15 is 0 Å². The predicted octanol–water partition coefficient (Wildman–Crippen LogP) is 0.446. The number of amides is 2. The van der Waals surface area contributed by atoms with Gasteiger partial charge < -0.3 is 5.32 Å². The molecule has 0 bridgehead atoms. The molecule has 0 unspecified atom stereocenters. The standard InChI is InChI=1S/C12H16N4O2/c1-9(2)15-11(17)7-12(18)16-14-8-10-5-3-4-6-13-10/h3-6,8-9H,7H2,1-2H3,(H,15,17)(H,16,18)/b14-8-. The number of nitrogens with one attached hydrogen (secondary N) is 2. The Labute approximate surface area is 105 Å². The smallest absolute Gasteiger partial charge is 0.249 e. The zero-order valence-electron chi connectivity index (χ0n) is 10.4. The summed E-state index contributed by atoms with van der Waals surface area (Å²) >= 11 is 0. The number of aromatic nitrogens is 1. The van der Waals surface area contributed by atoms with E-state index in [1.54, 1.807) is 18.3 Å². The van der Waals surface area contributed by atoms with Crippen molar-refractivity contribution >= 4 is 18.0 Å². The van der Waals surface area contributed by atoms with E-state index in [2.05, 4.69) is 20.8 Å². The minimum atomic E-state index is -0.458. The molecule has 0 spiro atoms. The molecule has 0 saturated heterocycles. The Hall–Kier alpha value is -2.24. The molecule has 1 rings (SSSR count). The van der Waals surface area contributed by atoms with Crippen molar-refractivity contribution < 1.29 is 9.59 Å². The summed E-state index contributed by atoms with van der Waals surface area (Å²) in [5.41, 5.74) is 2.89. The second kappa shape index (κ2) is 7.16. The Bertz CT molecular complexity index is 429. The molecule has 0 fully saturated rings. The third-order valence-corrected chi connectivity index (χ3v) is 1.84. The first-order valence-corrected chi connectivity index (χ1v) is 5.60. The Morgan fingerprint density at radius 2 is 2.17 bits per heavy atom. The number of rotatable bonds is 5. The lowest BCUT2D eigenvalue weighted by Crippen LogP contribution is -2.34. The molecule has 6 heteroatoms. The summed E-state index contributed by atoms with van der Waals surface area (Å²) in [6, 6.07) is 5.36. The normalized spacial score (nSPS) is 10.6. The Kier molecular flexibility index (Phi) is 5.50. The van der Waals surface area contributed by atoms with Crippen LogP contribution < -0.4 is 10.7 Å². The molecule has 2 amide bonds. The Morgan fingerprint density at radius 3 is 2.78 bits per heavy atom. The summed E-state index contributed by atoms with van der Waals surface area (Å²) in [5, 5.41) is 6.32. The highest BCUT2D eigenvalue weighted by Gasteiger charge is 2.08. The summed E-state index contributed by atoms with van der Waals surface area (Å²) in [6.45, 7) is 3.66. The maximum atomic E-state index is 11.3. The molecular formula is C12H16N4O2. The van der Waals surface area contributed by atoms with Gasteiger partial charge in [-0.3, -0.25) is 14.6 Å². The molecule has 96 valence electrons. The van der Waals surface area contributed by atoms with Crippen LogP contribution in [0.1, 0.15) is 26.0 Å². The molecule has 0 saturated carbocycles. The van der Waals surface area contributed by atoms with Crippen molar-refractivity contribution in [2.75, 3.05) is 0 Å². The minimum Gasteiger partial charge on any atom is -0.353 e. The molecule has 1 aromatic heterocycles. The van der Waals surface area contributed by atoms with Crippen molar-refractivity contribution in [3.8, 4) is 0 Å². The number of carbonyl (C=O) groups is 2. The number of nitrogens with zero attached hydrogens (tertiary/aromatic N) is 2. The fourth-order valence-corrected chi connectivity index (χ4v) is 1.18. The van der Waals surface area contributed by atoms with Crippen LogP contribution in [0, 0.1) is 0 Å². The molecule has 2 N–H and O–H groups in total. The summed E-state index contributed by atoms with van der Waals surface area (Å²) in [5.74, 6) is -0.782. The van der Waals surface area contributed by atoms with Gasteiger partial charge in [-0.2, -0.15) is 5.10 Å². The first kappa shape index (κ1) is 13.8. The van der Waals surface area contributed by atoms with Gasteiger partial charge in [0.05, 0.1) is 11.9 Å². The van der Waals surface area contributed by atoms with E-state index in [0.717, 1.165) is 0 Å². The van der Waals surface area contributed by atoms with Gasteiger partial charge in [0.1, 0.15) is 6.42 Å². The molecule has 1 heterocycles. The van der Waals surface area contributed by atoms with Gasteiger partial charge in [-0.25, -0.2) is 5.43 Å². The largest absolute Gasteiger partial charge is 0.353 e. The number of hydrogen-bond donors (Lipinski definition) is 2. The van der Waals surface area contributed by atoms with Gasteiger partial charge in [0.15, 0.2) is 0 Å². The highest BCUT2D eigenvalue weighted by Crippen LogP contribution is 1.88. The zero-order chi connectivity index (χ0) is 13.4. The van der Waals surface area contributed by atoms with Crippen molar-refractivity contribution in [3.63, 3.8) is 0 Å². The second-order valence-electron chi connectivity index (χ2n) is 3.95. The second-order valence-corrected chi connectivity index (χ2v) is 3.95. The molecule has 0 aliphatic heterocycles. The molecule has 18 heavy (non-hydrogen) atoms. The van der Waals surface area contributed by atoms with Crippen LogP contribution in [0.25, 0.3) is 0 Å². The molecule has 0 atom stereocenters. The average molecular weight is 248 g/mol. The van der Waals surface area contributed by atoms with Gasteiger partial charge in [-0.1, -0.05) is 6.07 Å². The number of carbonyl (C=O) groups excluding carboxylic acids is 2. The van der Waals surface area contributed by atoms with Crippen molar-refractivity contribution in [2.45, 2.75) is 26.3 Å². The number of hydrazone groups is 1. The highest BCUT2D eigenvalue weighted by atomic mass is 16.2. The van der Waals surface area contributed by atoms with Crippen LogP contribution >= 0.6 is 0 Å².